The van der Waals surface area contributed by atoms with Crippen LogP contribution in [-0.2, 0) is 4.79 Å². The Bertz CT molecular complexity index is 729. The minimum absolute atomic E-state index is 0.278. The number of ether oxygens (including phenoxy) is 1. The molecule has 110 valence electrons. The van der Waals surface area contributed by atoms with Crippen LogP contribution in [0.2, 0.25) is 0 Å². The Hall–Kier alpha value is -2.95. The third kappa shape index (κ3) is 2.26. The van der Waals surface area contributed by atoms with Gasteiger partial charge in [0, 0.05) is 6.42 Å². The van der Waals surface area contributed by atoms with Gasteiger partial charge in [-0.15, -0.1) is 0 Å². The first-order chi connectivity index (χ1) is 10.6. The van der Waals surface area contributed by atoms with Gasteiger partial charge in [0.05, 0.1) is 16.8 Å². The van der Waals surface area contributed by atoms with E-state index < -0.39 is 0 Å². The van der Waals surface area contributed by atoms with Crippen LogP contribution in [0.15, 0.2) is 48.5 Å². The summed E-state index contributed by atoms with van der Waals surface area (Å²) in [5.41, 5.74) is 1.24. The lowest BCUT2D eigenvalue weighted by atomic mass is 10.1. The van der Waals surface area contributed by atoms with Crippen molar-refractivity contribution >= 4 is 23.5 Å². The third-order valence-electron chi connectivity index (χ3n) is 3.41. The lowest BCUT2D eigenvalue weighted by Gasteiger charge is -2.14. The smallest absolute Gasteiger partial charge is 0.310 e. The number of benzene rings is 2. The number of carbonyl (C=O) groups excluding carboxylic acids is 3. The maximum absolute atomic E-state index is 12.3. The summed E-state index contributed by atoms with van der Waals surface area (Å²) in [5, 5.41) is 0. The lowest BCUT2D eigenvalue weighted by molar-refractivity contribution is -0.134. The minimum Gasteiger partial charge on any atom is -0.427 e. The molecule has 2 aromatic carbocycles. The van der Waals surface area contributed by atoms with Crippen LogP contribution in [0, 0.1) is 0 Å². The minimum atomic E-state index is -0.348. The highest BCUT2D eigenvalue weighted by Gasteiger charge is 2.36. The highest BCUT2D eigenvalue weighted by Crippen LogP contribution is 2.29. The van der Waals surface area contributed by atoms with E-state index in [1.807, 2.05) is 0 Å². The molecule has 0 spiro atoms. The molecule has 22 heavy (non-hydrogen) atoms. The monoisotopic (exact) mass is 295 g/mol. The first-order valence-electron chi connectivity index (χ1n) is 6.90. The fraction of sp³-hybridized carbons (Fsp3) is 0.118. The van der Waals surface area contributed by atoms with Crippen molar-refractivity contribution in [3.05, 3.63) is 59.7 Å². The highest BCUT2D eigenvalue weighted by molar-refractivity contribution is 6.34. The van der Waals surface area contributed by atoms with Crippen molar-refractivity contribution < 1.29 is 19.1 Å². The Balaban J connectivity index is 1.88. The van der Waals surface area contributed by atoms with E-state index in [0.29, 0.717) is 22.6 Å². The van der Waals surface area contributed by atoms with Crippen LogP contribution in [0.5, 0.6) is 5.75 Å². The zero-order valence-corrected chi connectivity index (χ0v) is 11.9. The van der Waals surface area contributed by atoms with Gasteiger partial charge >= 0.3 is 5.97 Å². The predicted molar refractivity (Wildman–Crippen MR) is 80.0 cm³/mol. The second-order valence-corrected chi connectivity index (χ2v) is 4.81. The van der Waals surface area contributed by atoms with Gasteiger partial charge in [0.25, 0.3) is 11.8 Å². The Morgan fingerprint density at radius 2 is 1.50 bits per heavy atom. The molecular weight excluding hydrogens is 282 g/mol. The number of nitrogens with zero attached hydrogens (tertiary/aromatic N) is 1. The number of esters is 1. The first kappa shape index (κ1) is 14.0. The fourth-order valence-corrected chi connectivity index (χ4v) is 2.29. The molecule has 0 radical (unpaired) electrons. The molecule has 0 bridgehead atoms. The highest BCUT2D eigenvalue weighted by atomic mass is 16.5. The van der Waals surface area contributed by atoms with Crippen molar-refractivity contribution in [1.82, 2.24) is 0 Å². The summed E-state index contributed by atoms with van der Waals surface area (Å²) in [6.07, 6.45) is 0.278. The molecule has 0 atom stereocenters. The lowest BCUT2D eigenvalue weighted by Crippen LogP contribution is -2.29. The molecule has 3 rings (SSSR count). The molecule has 0 unspecified atom stereocenters. The van der Waals surface area contributed by atoms with E-state index in [2.05, 4.69) is 0 Å². The molecule has 0 aliphatic carbocycles. The van der Waals surface area contributed by atoms with Gasteiger partial charge in [-0.25, -0.2) is 4.90 Å². The molecule has 0 fully saturated rings. The standard InChI is InChI=1S/C17H13NO4/c1-2-15(19)22-12-9-7-11(8-10-12)18-16(20)13-5-3-4-6-14(13)17(18)21/h3-10H,2H2,1H3. The normalized spacial score (nSPS) is 13.2. The van der Waals surface area contributed by atoms with Gasteiger partial charge in [-0.3, -0.25) is 14.4 Å². The molecule has 1 aliphatic heterocycles. The van der Waals surface area contributed by atoms with Crippen LogP contribution in [-0.4, -0.2) is 17.8 Å². The quantitative estimate of drug-likeness (QED) is 0.496. The summed E-state index contributed by atoms with van der Waals surface area (Å²) in [6, 6.07) is 13.0. The molecule has 5 heteroatoms. The zero-order chi connectivity index (χ0) is 15.7. The molecule has 0 N–H and O–H groups in total. The van der Waals surface area contributed by atoms with Gasteiger partial charge < -0.3 is 4.74 Å². The van der Waals surface area contributed by atoms with E-state index in [0.717, 1.165) is 4.90 Å². The summed E-state index contributed by atoms with van der Waals surface area (Å²) in [5.74, 6) is -0.654. The average Bonchev–Trinajstić information content (AvgIpc) is 2.80. The summed E-state index contributed by atoms with van der Waals surface area (Å²) in [6.45, 7) is 1.70. The second kappa shape index (κ2) is 5.44. The maximum Gasteiger partial charge on any atom is 0.310 e. The topological polar surface area (TPSA) is 63.7 Å². The number of rotatable bonds is 3. The number of fused-ring (bicyclic) bond motifs is 1. The number of imide groups is 1. The van der Waals surface area contributed by atoms with E-state index in [4.69, 9.17) is 4.74 Å². The van der Waals surface area contributed by atoms with Crippen molar-refractivity contribution in [3.63, 3.8) is 0 Å². The van der Waals surface area contributed by atoms with E-state index in [1.165, 1.54) is 0 Å². The van der Waals surface area contributed by atoms with Crippen LogP contribution < -0.4 is 9.64 Å². The second-order valence-electron chi connectivity index (χ2n) is 4.81. The number of anilines is 1. The maximum atomic E-state index is 12.3. The molecule has 1 aliphatic rings. The summed E-state index contributed by atoms with van der Waals surface area (Å²) < 4.78 is 5.07. The molecule has 1 heterocycles. The molecule has 2 amide bonds. The Labute approximate surface area is 127 Å². The number of amides is 2. The molecule has 0 aromatic heterocycles. The predicted octanol–water partition coefficient (Wildman–Crippen LogP) is 2.80. The number of hydrogen-bond donors (Lipinski definition) is 0. The van der Waals surface area contributed by atoms with Crippen LogP contribution in [0.3, 0.4) is 0 Å². The van der Waals surface area contributed by atoms with Gasteiger partial charge in [-0.1, -0.05) is 19.1 Å². The van der Waals surface area contributed by atoms with Crippen LogP contribution >= 0.6 is 0 Å². The van der Waals surface area contributed by atoms with Crippen molar-refractivity contribution in [1.29, 1.82) is 0 Å². The van der Waals surface area contributed by atoms with Gasteiger partial charge in [-0.2, -0.15) is 0 Å². The largest absolute Gasteiger partial charge is 0.427 e. The Morgan fingerprint density at radius 3 is 2.00 bits per heavy atom. The van der Waals surface area contributed by atoms with Crippen LogP contribution in [0.4, 0.5) is 5.69 Å². The SMILES string of the molecule is CCC(=O)Oc1ccc(N2C(=O)c3ccccc3C2=O)cc1. The van der Waals surface area contributed by atoms with Gasteiger partial charge in [0.2, 0.25) is 0 Å². The summed E-state index contributed by atoms with van der Waals surface area (Å²) in [7, 11) is 0. The van der Waals surface area contributed by atoms with Crippen LogP contribution in [0.1, 0.15) is 34.1 Å². The molecule has 5 nitrogen and oxygen atoms in total. The Kier molecular flexibility index (Phi) is 3.47. The molecule has 0 saturated heterocycles. The Morgan fingerprint density at radius 1 is 0.955 bits per heavy atom. The van der Waals surface area contributed by atoms with Crippen molar-refractivity contribution in [2.45, 2.75) is 13.3 Å². The fourth-order valence-electron chi connectivity index (χ4n) is 2.29. The number of hydrogen-bond acceptors (Lipinski definition) is 4. The zero-order valence-electron chi connectivity index (χ0n) is 11.9. The van der Waals surface area contributed by atoms with Crippen molar-refractivity contribution in [2.24, 2.45) is 0 Å². The average molecular weight is 295 g/mol. The molecule has 0 saturated carbocycles. The van der Waals surface area contributed by atoms with Crippen molar-refractivity contribution in [3.8, 4) is 5.75 Å². The van der Waals surface area contributed by atoms with Gasteiger partial charge in [-0.05, 0) is 36.4 Å². The van der Waals surface area contributed by atoms with Crippen LogP contribution in [0.25, 0.3) is 0 Å². The van der Waals surface area contributed by atoms with Gasteiger partial charge in [0.1, 0.15) is 5.75 Å². The molecule has 2 aromatic rings. The van der Waals surface area contributed by atoms with Crippen molar-refractivity contribution in [2.75, 3.05) is 4.90 Å². The van der Waals surface area contributed by atoms with Gasteiger partial charge in [0.15, 0.2) is 0 Å². The molecular formula is C17H13NO4. The summed E-state index contributed by atoms with van der Waals surface area (Å²) in [4.78, 5) is 37.0. The number of carbonyl (C=O) groups is 3. The first-order valence-corrected chi connectivity index (χ1v) is 6.90. The van der Waals surface area contributed by atoms with E-state index in [-0.39, 0.29) is 24.2 Å². The van der Waals surface area contributed by atoms with E-state index >= 15 is 0 Å². The summed E-state index contributed by atoms with van der Waals surface area (Å²) >= 11 is 0. The van der Waals surface area contributed by atoms with E-state index in [1.54, 1.807) is 55.5 Å². The van der Waals surface area contributed by atoms with E-state index in [9.17, 15) is 14.4 Å². The third-order valence-corrected chi connectivity index (χ3v) is 3.41.